The molecule has 0 bridgehead atoms. The summed E-state index contributed by atoms with van der Waals surface area (Å²) >= 11 is 8.17. The predicted octanol–water partition coefficient (Wildman–Crippen LogP) is 3.95. The van der Waals surface area contributed by atoms with Crippen LogP contribution in [0.4, 0.5) is 0 Å². The second kappa shape index (κ2) is 6.57. The molecular weight excluding hydrogens is 208 g/mol. The molecule has 0 saturated heterocycles. The molecule has 0 nitrogen and oxygen atoms in total. The molecule has 0 aliphatic rings. The Labute approximate surface area is 95.8 Å². The third-order valence-corrected chi connectivity index (χ3v) is 2.11. The summed E-state index contributed by atoms with van der Waals surface area (Å²) in [6.45, 7) is 0. The average molecular weight is 220 g/mol. The van der Waals surface area contributed by atoms with Gasteiger partial charge in [-0.3, -0.25) is 0 Å². The molecule has 0 atom stereocenters. The molecule has 72 valence electrons. The normalized spacial score (nSPS) is 8.71. The lowest BCUT2D eigenvalue weighted by Crippen LogP contribution is -1.56. The first-order valence-corrected chi connectivity index (χ1v) is 5.16. The van der Waals surface area contributed by atoms with Crippen molar-refractivity contribution in [3.8, 4) is 0 Å². The fourth-order valence-electron chi connectivity index (χ4n) is 0.856. The van der Waals surface area contributed by atoms with Crippen molar-refractivity contribution in [2.24, 2.45) is 0 Å². The molecule has 0 amide bonds. The lowest BCUT2D eigenvalue weighted by Gasteiger charge is -1.81. The highest BCUT2D eigenvalue weighted by Gasteiger charge is 1.73. The number of hydrogen-bond donors (Lipinski definition) is 2. The van der Waals surface area contributed by atoms with Crippen LogP contribution in [-0.2, 0) is 0 Å². The summed E-state index contributed by atoms with van der Waals surface area (Å²) in [5.41, 5.74) is 0. The number of rotatable bonds is 0. The molecule has 0 heterocycles. The molecule has 0 saturated carbocycles. The van der Waals surface area contributed by atoms with Crippen LogP contribution >= 0.6 is 25.3 Å². The fraction of sp³-hybridized carbons (Fsp3) is 0. The molecule has 2 heteroatoms. The van der Waals surface area contributed by atoms with Crippen molar-refractivity contribution in [2.75, 3.05) is 0 Å². The Balaban J connectivity index is 0.000000140. The van der Waals surface area contributed by atoms with E-state index in [0.29, 0.717) is 0 Å². The highest BCUT2D eigenvalue weighted by molar-refractivity contribution is 7.80. The first kappa shape index (κ1) is 11.2. The van der Waals surface area contributed by atoms with Crippen LogP contribution in [0.3, 0.4) is 0 Å². The molecule has 0 aliphatic carbocycles. The summed E-state index contributed by atoms with van der Waals surface area (Å²) in [5.74, 6) is 0. The van der Waals surface area contributed by atoms with Crippen LogP contribution in [0.5, 0.6) is 0 Å². The van der Waals surface area contributed by atoms with E-state index < -0.39 is 0 Å². The number of hydrogen-bond acceptors (Lipinski definition) is 2. The van der Waals surface area contributed by atoms with Crippen LogP contribution in [0.1, 0.15) is 0 Å². The van der Waals surface area contributed by atoms with E-state index in [-0.39, 0.29) is 0 Å². The summed E-state index contributed by atoms with van der Waals surface area (Å²) in [6, 6.07) is 19.6. The van der Waals surface area contributed by atoms with Gasteiger partial charge in [-0.25, -0.2) is 0 Å². The Morgan fingerprint density at radius 2 is 0.786 bits per heavy atom. The van der Waals surface area contributed by atoms with Gasteiger partial charge < -0.3 is 0 Å². The Bertz CT molecular complexity index is 306. The Kier molecular flexibility index (Phi) is 5.27. The first-order valence-electron chi connectivity index (χ1n) is 4.27. The van der Waals surface area contributed by atoms with Gasteiger partial charge in [-0.1, -0.05) is 36.4 Å². The first-order chi connectivity index (χ1) is 6.79. The second-order valence-electron chi connectivity index (χ2n) is 2.67. The summed E-state index contributed by atoms with van der Waals surface area (Å²) < 4.78 is 0. The maximum atomic E-state index is 4.08. The van der Waals surface area contributed by atoms with Crippen LogP contribution in [0, 0.1) is 0 Å². The standard InChI is InChI=1S/2C6H6S/c2*7-6-4-2-1-3-5-6/h2*1-5,7H. The number of benzene rings is 2. The van der Waals surface area contributed by atoms with Gasteiger partial charge in [-0.15, -0.1) is 25.3 Å². The molecule has 2 rings (SSSR count). The van der Waals surface area contributed by atoms with Gasteiger partial charge >= 0.3 is 0 Å². The SMILES string of the molecule is Sc1ccccc1.Sc1ccccc1. The zero-order valence-corrected chi connectivity index (χ0v) is 9.46. The molecule has 2 aromatic rings. The minimum absolute atomic E-state index is 1.02. The molecular formula is C12H12S2. The van der Waals surface area contributed by atoms with E-state index in [4.69, 9.17) is 0 Å². The van der Waals surface area contributed by atoms with E-state index in [1.807, 2.05) is 60.7 Å². The van der Waals surface area contributed by atoms with Crippen molar-refractivity contribution in [3.05, 3.63) is 60.7 Å². The third-order valence-electron chi connectivity index (χ3n) is 1.51. The number of thiol groups is 2. The highest BCUT2D eigenvalue weighted by atomic mass is 32.1. The van der Waals surface area contributed by atoms with E-state index in [0.717, 1.165) is 9.79 Å². The summed E-state index contributed by atoms with van der Waals surface area (Å²) in [7, 11) is 0. The zero-order chi connectivity index (χ0) is 10.2. The minimum atomic E-state index is 1.02. The molecule has 0 fully saturated rings. The maximum Gasteiger partial charge on any atom is 0.00399 e. The lowest BCUT2D eigenvalue weighted by molar-refractivity contribution is 1.48. The molecule has 0 aromatic heterocycles. The largest absolute Gasteiger partial charge is 0.143 e. The minimum Gasteiger partial charge on any atom is -0.143 e. The van der Waals surface area contributed by atoms with Crippen molar-refractivity contribution in [1.82, 2.24) is 0 Å². The van der Waals surface area contributed by atoms with Crippen LogP contribution in [0.15, 0.2) is 70.5 Å². The molecule has 0 aliphatic heterocycles. The summed E-state index contributed by atoms with van der Waals surface area (Å²) in [5, 5.41) is 0. The molecule has 0 unspecified atom stereocenters. The van der Waals surface area contributed by atoms with Crippen LogP contribution in [0.25, 0.3) is 0 Å². The topological polar surface area (TPSA) is 0 Å². The maximum absolute atomic E-state index is 4.08. The third kappa shape index (κ3) is 5.00. The van der Waals surface area contributed by atoms with Gasteiger partial charge in [0, 0.05) is 9.79 Å². The van der Waals surface area contributed by atoms with Gasteiger partial charge in [0.15, 0.2) is 0 Å². The van der Waals surface area contributed by atoms with Gasteiger partial charge in [0.1, 0.15) is 0 Å². The van der Waals surface area contributed by atoms with Crippen molar-refractivity contribution < 1.29 is 0 Å². The summed E-state index contributed by atoms with van der Waals surface area (Å²) in [6.07, 6.45) is 0. The van der Waals surface area contributed by atoms with E-state index in [1.54, 1.807) is 0 Å². The van der Waals surface area contributed by atoms with Gasteiger partial charge in [0.2, 0.25) is 0 Å². The highest BCUT2D eigenvalue weighted by Crippen LogP contribution is 2.01. The lowest BCUT2D eigenvalue weighted by atomic mass is 10.4. The van der Waals surface area contributed by atoms with Crippen molar-refractivity contribution in [2.45, 2.75) is 9.79 Å². The van der Waals surface area contributed by atoms with Crippen molar-refractivity contribution >= 4 is 25.3 Å². The second-order valence-corrected chi connectivity index (χ2v) is 3.70. The predicted molar refractivity (Wildman–Crippen MR) is 67.4 cm³/mol. The molecule has 0 spiro atoms. The fourth-order valence-corrected chi connectivity index (χ4v) is 1.20. The van der Waals surface area contributed by atoms with E-state index in [9.17, 15) is 0 Å². The van der Waals surface area contributed by atoms with E-state index in [2.05, 4.69) is 25.3 Å². The molecule has 0 radical (unpaired) electrons. The van der Waals surface area contributed by atoms with Crippen LogP contribution < -0.4 is 0 Å². The van der Waals surface area contributed by atoms with Crippen LogP contribution in [0.2, 0.25) is 0 Å². The Morgan fingerprint density at radius 1 is 0.500 bits per heavy atom. The monoisotopic (exact) mass is 220 g/mol. The van der Waals surface area contributed by atoms with Crippen LogP contribution in [-0.4, -0.2) is 0 Å². The van der Waals surface area contributed by atoms with Gasteiger partial charge in [0.25, 0.3) is 0 Å². The van der Waals surface area contributed by atoms with Gasteiger partial charge in [0.05, 0.1) is 0 Å². The van der Waals surface area contributed by atoms with Gasteiger partial charge in [-0.05, 0) is 24.3 Å². The molecule has 2 aromatic carbocycles. The Hall–Kier alpha value is -0.860. The van der Waals surface area contributed by atoms with Crippen molar-refractivity contribution in [3.63, 3.8) is 0 Å². The van der Waals surface area contributed by atoms with E-state index in [1.165, 1.54) is 0 Å². The van der Waals surface area contributed by atoms with Crippen molar-refractivity contribution in [1.29, 1.82) is 0 Å². The molecule has 0 N–H and O–H groups in total. The zero-order valence-electron chi connectivity index (χ0n) is 7.67. The van der Waals surface area contributed by atoms with E-state index >= 15 is 0 Å². The smallest absolute Gasteiger partial charge is 0.00399 e. The quantitative estimate of drug-likeness (QED) is 0.617. The Morgan fingerprint density at radius 3 is 0.929 bits per heavy atom. The summed E-state index contributed by atoms with van der Waals surface area (Å²) in [4.78, 5) is 2.03. The van der Waals surface area contributed by atoms with Gasteiger partial charge in [-0.2, -0.15) is 0 Å². The molecule has 14 heavy (non-hydrogen) atoms. The average Bonchev–Trinajstić information content (AvgIpc) is 2.21.